The van der Waals surface area contributed by atoms with Crippen molar-refractivity contribution in [3.8, 4) is 0 Å². The molecular formula is C21H26F3N3O3S. The van der Waals surface area contributed by atoms with E-state index in [1.807, 2.05) is 0 Å². The number of nitrogens with one attached hydrogen (secondary N) is 1. The van der Waals surface area contributed by atoms with Gasteiger partial charge in [-0.3, -0.25) is 9.48 Å². The zero-order valence-electron chi connectivity index (χ0n) is 17.5. The van der Waals surface area contributed by atoms with E-state index in [9.17, 15) is 26.4 Å². The molecule has 0 radical (unpaired) electrons. The van der Waals surface area contributed by atoms with Gasteiger partial charge >= 0.3 is 6.18 Å². The summed E-state index contributed by atoms with van der Waals surface area (Å²) in [7, 11) is -3.37. The van der Waals surface area contributed by atoms with Crippen LogP contribution in [-0.4, -0.2) is 35.9 Å². The molecule has 10 heteroatoms. The van der Waals surface area contributed by atoms with Gasteiger partial charge in [0.25, 0.3) is 0 Å². The predicted molar refractivity (Wildman–Crippen MR) is 109 cm³/mol. The molecule has 0 atom stereocenters. The summed E-state index contributed by atoms with van der Waals surface area (Å²) in [6.07, 6.45) is -1.96. The minimum absolute atomic E-state index is 0.0486. The van der Waals surface area contributed by atoms with Gasteiger partial charge in [-0.05, 0) is 57.2 Å². The number of halogens is 3. The Labute approximate surface area is 179 Å². The highest BCUT2D eigenvalue weighted by atomic mass is 32.2. The van der Waals surface area contributed by atoms with Crippen LogP contribution in [0, 0.1) is 0 Å². The molecule has 3 rings (SSSR count). The molecule has 6 nitrogen and oxygen atoms in total. The Balaban J connectivity index is 1.58. The molecule has 1 aromatic heterocycles. The van der Waals surface area contributed by atoms with Crippen molar-refractivity contribution in [3.05, 3.63) is 46.8 Å². The summed E-state index contributed by atoms with van der Waals surface area (Å²) in [5, 5.41) is 5.94. The smallest absolute Gasteiger partial charge is 0.354 e. The van der Waals surface area contributed by atoms with E-state index in [0.29, 0.717) is 24.1 Å². The van der Waals surface area contributed by atoms with Crippen LogP contribution in [0.4, 0.5) is 13.2 Å². The number of carbonyl (C=O) groups is 1. The number of rotatable bonds is 7. The lowest BCUT2D eigenvalue weighted by molar-refractivity contribution is -0.142. The van der Waals surface area contributed by atoms with Crippen molar-refractivity contribution in [2.75, 3.05) is 6.54 Å². The van der Waals surface area contributed by atoms with Gasteiger partial charge in [0.05, 0.1) is 23.1 Å². The molecule has 1 heterocycles. The van der Waals surface area contributed by atoms with Gasteiger partial charge in [0, 0.05) is 17.8 Å². The molecule has 0 saturated carbocycles. The van der Waals surface area contributed by atoms with Crippen molar-refractivity contribution in [2.24, 2.45) is 0 Å². The molecule has 0 fully saturated rings. The Morgan fingerprint density at radius 2 is 1.81 bits per heavy atom. The highest BCUT2D eigenvalue weighted by Crippen LogP contribution is 2.35. The van der Waals surface area contributed by atoms with E-state index in [0.717, 1.165) is 12.8 Å². The van der Waals surface area contributed by atoms with Crippen LogP contribution in [0.15, 0.2) is 29.2 Å². The molecular weight excluding hydrogens is 431 g/mol. The summed E-state index contributed by atoms with van der Waals surface area (Å²) in [6.45, 7) is 3.52. The van der Waals surface area contributed by atoms with Gasteiger partial charge < -0.3 is 5.32 Å². The minimum atomic E-state index is -4.48. The van der Waals surface area contributed by atoms with E-state index in [-0.39, 0.29) is 35.9 Å². The van der Waals surface area contributed by atoms with Gasteiger partial charge in [0.1, 0.15) is 0 Å². The molecule has 1 aliphatic carbocycles. The molecule has 0 saturated heterocycles. The number of hydrogen-bond donors (Lipinski definition) is 1. The van der Waals surface area contributed by atoms with Crippen LogP contribution in [0.2, 0.25) is 0 Å². The highest BCUT2D eigenvalue weighted by molar-refractivity contribution is 7.92. The van der Waals surface area contributed by atoms with Crippen LogP contribution in [0.25, 0.3) is 0 Å². The Kier molecular flexibility index (Phi) is 6.78. The van der Waals surface area contributed by atoms with Crippen molar-refractivity contribution in [3.63, 3.8) is 0 Å². The fourth-order valence-electron chi connectivity index (χ4n) is 3.70. The van der Waals surface area contributed by atoms with E-state index in [1.54, 1.807) is 26.0 Å². The van der Waals surface area contributed by atoms with Gasteiger partial charge in [-0.15, -0.1) is 0 Å². The number of carbonyl (C=O) groups excluding carboxylic acids is 1. The van der Waals surface area contributed by atoms with Crippen LogP contribution in [0.1, 0.15) is 49.2 Å². The summed E-state index contributed by atoms with van der Waals surface area (Å²) < 4.78 is 65.4. The average molecular weight is 458 g/mol. The zero-order chi connectivity index (χ0) is 22.8. The van der Waals surface area contributed by atoms with Crippen molar-refractivity contribution < 1.29 is 26.4 Å². The third-order valence-electron chi connectivity index (χ3n) is 5.41. The largest absolute Gasteiger partial charge is 0.435 e. The molecule has 0 spiro atoms. The fraction of sp³-hybridized carbons (Fsp3) is 0.524. The monoisotopic (exact) mass is 457 g/mol. The average Bonchev–Trinajstić information content (AvgIpc) is 3.07. The first kappa shape index (κ1) is 23.3. The maximum Gasteiger partial charge on any atom is 0.435 e. The molecule has 1 N–H and O–H groups in total. The number of benzene rings is 1. The summed E-state index contributed by atoms with van der Waals surface area (Å²) in [5.41, 5.74) is 0.720. The number of aromatic nitrogens is 2. The first-order chi connectivity index (χ1) is 14.5. The molecule has 31 heavy (non-hydrogen) atoms. The van der Waals surface area contributed by atoms with Crippen molar-refractivity contribution >= 4 is 15.7 Å². The topological polar surface area (TPSA) is 81.1 Å². The lowest BCUT2D eigenvalue weighted by atomic mass is 9.95. The maximum absolute atomic E-state index is 13.2. The lowest BCUT2D eigenvalue weighted by Crippen LogP contribution is -2.29. The normalized spacial score (nSPS) is 14.5. The van der Waals surface area contributed by atoms with Crippen LogP contribution >= 0.6 is 0 Å². The van der Waals surface area contributed by atoms with E-state index >= 15 is 0 Å². The number of alkyl halides is 3. The second kappa shape index (κ2) is 9.02. The quantitative estimate of drug-likeness (QED) is 0.692. The molecule has 1 amide bonds. The van der Waals surface area contributed by atoms with Crippen LogP contribution < -0.4 is 5.32 Å². The molecule has 1 aromatic carbocycles. The number of amides is 1. The van der Waals surface area contributed by atoms with Gasteiger partial charge in [-0.1, -0.05) is 12.1 Å². The highest BCUT2D eigenvalue weighted by Gasteiger charge is 2.39. The zero-order valence-corrected chi connectivity index (χ0v) is 18.3. The second-order valence-electron chi connectivity index (χ2n) is 7.97. The summed E-state index contributed by atoms with van der Waals surface area (Å²) >= 11 is 0. The first-order valence-electron chi connectivity index (χ1n) is 10.3. The summed E-state index contributed by atoms with van der Waals surface area (Å²) in [4.78, 5) is 12.4. The Morgan fingerprint density at radius 3 is 2.42 bits per heavy atom. The summed E-state index contributed by atoms with van der Waals surface area (Å²) in [6, 6.07) is 6.14. The standard InChI is InChI=1S/C21H26F3N3O3S/c1-14(2)31(29,30)16-9-7-15(8-10-16)13-19(28)25-11-12-27-18-6-4-3-5-17(18)20(26-27)21(22,23)24/h7-10,14H,3-6,11-13H2,1-2H3,(H,25,28). The first-order valence-corrected chi connectivity index (χ1v) is 11.8. The van der Waals surface area contributed by atoms with Crippen molar-refractivity contribution in [1.29, 1.82) is 0 Å². The molecule has 170 valence electrons. The predicted octanol–water partition coefficient (Wildman–Crippen LogP) is 3.32. The van der Waals surface area contributed by atoms with Crippen LogP contribution in [0.3, 0.4) is 0 Å². The lowest BCUT2D eigenvalue weighted by Gasteiger charge is -2.15. The third-order valence-corrected chi connectivity index (χ3v) is 7.58. The third kappa shape index (κ3) is 5.28. The molecule has 0 unspecified atom stereocenters. The molecule has 1 aliphatic rings. The van der Waals surface area contributed by atoms with Crippen LogP contribution in [-0.2, 0) is 46.6 Å². The van der Waals surface area contributed by atoms with Crippen molar-refractivity contribution in [1.82, 2.24) is 15.1 Å². The molecule has 0 aliphatic heterocycles. The number of nitrogens with zero attached hydrogens (tertiary/aromatic N) is 2. The molecule has 2 aromatic rings. The Hall–Kier alpha value is -2.36. The van der Waals surface area contributed by atoms with Crippen molar-refractivity contribution in [2.45, 2.75) is 68.8 Å². The minimum Gasteiger partial charge on any atom is -0.354 e. The summed E-state index contributed by atoms with van der Waals surface area (Å²) in [5.74, 6) is -0.295. The van der Waals surface area contributed by atoms with E-state index in [1.165, 1.54) is 16.8 Å². The maximum atomic E-state index is 13.2. The van der Waals surface area contributed by atoms with Gasteiger partial charge in [0.2, 0.25) is 5.91 Å². The van der Waals surface area contributed by atoms with E-state index in [4.69, 9.17) is 0 Å². The Bertz CT molecular complexity index is 1040. The van der Waals surface area contributed by atoms with E-state index < -0.39 is 27.0 Å². The number of hydrogen-bond acceptors (Lipinski definition) is 4. The number of sulfone groups is 1. The molecule has 0 bridgehead atoms. The second-order valence-corrected chi connectivity index (χ2v) is 10.5. The van der Waals surface area contributed by atoms with Gasteiger partial charge in [-0.2, -0.15) is 18.3 Å². The fourth-order valence-corrected chi connectivity index (χ4v) is 4.76. The van der Waals surface area contributed by atoms with Crippen LogP contribution in [0.5, 0.6) is 0 Å². The van der Waals surface area contributed by atoms with Gasteiger partial charge in [0.15, 0.2) is 15.5 Å². The van der Waals surface area contributed by atoms with Gasteiger partial charge in [-0.25, -0.2) is 8.42 Å². The van der Waals surface area contributed by atoms with E-state index in [2.05, 4.69) is 10.4 Å². The SMILES string of the molecule is CC(C)S(=O)(=O)c1ccc(CC(=O)NCCn2nc(C(F)(F)F)c3c2CCCC3)cc1. The Morgan fingerprint density at radius 1 is 1.16 bits per heavy atom. The number of fused-ring (bicyclic) bond motifs is 1.